The molecule has 0 saturated heterocycles. The lowest BCUT2D eigenvalue weighted by atomic mass is 10.2. The third-order valence-electron chi connectivity index (χ3n) is 2.10. The number of nitrogens with zero attached hydrogens (tertiary/aromatic N) is 1. The van der Waals surface area contributed by atoms with E-state index in [4.69, 9.17) is 18.0 Å². The van der Waals surface area contributed by atoms with E-state index < -0.39 is 0 Å². The zero-order chi connectivity index (χ0) is 10.6. The Morgan fingerprint density at radius 1 is 1.36 bits per heavy atom. The van der Waals surface area contributed by atoms with Gasteiger partial charge in [0.2, 0.25) is 0 Å². The summed E-state index contributed by atoms with van der Waals surface area (Å²) in [4.78, 5) is 2.00. The average Bonchev–Trinajstić information content (AvgIpc) is 2.15. The van der Waals surface area contributed by atoms with Crippen LogP contribution in [0.3, 0.4) is 0 Å². The van der Waals surface area contributed by atoms with Gasteiger partial charge in [-0.3, -0.25) is 0 Å². The Morgan fingerprint density at radius 2 is 1.93 bits per heavy atom. The van der Waals surface area contributed by atoms with E-state index in [0.717, 1.165) is 6.54 Å². The summed E-state index contributed by atoms with van der Waals surface area (Å²) in [5.74, 6) is 0. The SMILES string of the molecule is CC(C)N(Cc1ccccc1)C(N)=S. The number of nitrogens with two attached hydrogens (primary N) is 1. The molecule has 0 atom stereocenters. The van der Waals surface area contributed by atoms with E-state index in [1.807, 2.05) is 23.1 Å². The van der Waals surface area contributed by atoms with Crippen LogP contribution in [0.5, 0.6) is 0 Å². The van der Waals surface area contributed by atoms with E-state index in [1.54, 1.807) is 0 Å². The van der Waals surface area contributed by atoms with E-state index >= 15 is 0 Å². The van der Waals surface area contributed by atoms with Gasteiger partial charge in [-0.1, -0.05) is 30.3 Å². The van der Waals surface area contributed by atoms with Crippen LogP contribution in [-0.4, -0.2) is 16.1 Å². The smallest absolute Gasteiger partial charge is 0.166 e. The van der Waals surface area contributed by atoms with E-state index in [2.05, 4.69) is 26.0 Å². The largest absolute Gasteiger partial charge is 0.376 e. The van der Waals surface area contributed by atoms with Crippen LogP contribution >= 0.6 is 12.2 Å². The zero-order valence-electron chi connectivity index (χ0n) is 8.60. The molecule has 0 fully saturated rings. The minimum atomic E-state index is 0.340. The molecule has 0 saturated carbocycles. The quantitative estimate of drug-likeness (QED) is 0.772. The zero-order valence-corrected chi connectivity index (χ0v) is 9.42. The Balaban J connectivity index is 2.70. The van der Waals surface area contributed by atoms with Crippen molar-refractivity contribution < 1.29 is 0 Å². The molecule has 1 rings (SSSR count). The summed E-state index contributed by atoms with van der Waals surface area (Å²) in [5, 5.41) is 0.462. The monoisotopic (exact) mass is 208 g/mol. The fraction of sp³-hybridized carbons (Fsp3) is 0.364. The van der Waals surface area contributed by atoms with Crippen LogP contribution in [0, 0.1) is 0 Å². The molecule has 0 aliphatic heterocycles. The van der Waals surface area contributed by atoms with Crippen molar-refractivity contribution in [3.05, 3.63) is 35.9 Å². The lowest BCUT2D eigenvalue weighted by Crippen LogP contribution is -2.39. The average molecular weight is 208 g/mol. The normalized spacial score (nSPS) is 10.2. The first kappa shape index (κ1) is 11.0. The van der Waals surface area contributed by atoms with Crippen molar-refractivity contribution >= 4 is 17.3 Å². The van der Waals surface area contributed by atoms with Gasteiger partial charge in [-0.2, -0.15) is 0 Å². The predicted octanol–water partition coefficient (Wildman–Crippen LogP) is 2.14. The van der Waals surface area contributed by atoms with Crippen LogP contribution in [-0.2, 0) is 6.54 Å². The molecular formula is C11H16N2S. The molecule has 1 aromatic rings. The molecule has 0 aliphatic rings. The highest BCUT2D eigenvalue weighted by atomic mass is 32.1. The fourth-order valence-corrected chi connectivity index (χ4v) is 1.57. The van der Waals surface area contributed by atoms with E-state index in [0.29, 0.717) is 11.2 Å². The highest BCUT2D eigenvalue weighted by Crippen LogP contribution is 2.07. The number of rotatable bonds is 3. The highest BCUT2D eigenvalue weighted by molar-refractivity contribution is 7.80. The fourth-order valence-electron chi connectivity index (χ4n) is 1.30. The number of thiocarbonyl (C=S) groups is 1. The van der Waals surface area contributed by atoms with Crippen molar-refractivity contribution in [3.8, 4) is 0 Å². The van der Waals surface area contributed by atoms with Crippen molar-refractivity contribution in [3.63, 3.8) is 0 Å². The molecule has 14 heavy (non-hydrogen) atoms. The van der Waals surface area contributed by atoms with Gasteiger partial charge < -0.3 is 10.6 Å². The summed E-state index contributed by atoms with van der Waals surface area (Å²) in [6, 6.07) is 10.5. The molecule has 0 unspecified atom stereocenters. The van der Waals surface area contributed by atoms with Gasteiger partial charge in [0.25, 0.3) is 0 Å². The van der Waals surface area contributed by atoms with Crippen molar-refractivity contribution in [2.75, 3.05) is 0 Å². The first-order chi connectivity index (χ1) is 6.61. The first-order valence-corrected chi connectivity index (χ1v) is 5.12. The van der Waals surface area contributed by atoms with Crippen LogP contribution in [0.1, 0.15) is 19.4 Å². The lowest BCUT2D eigenvalue weighted by molar-refractivity contribution is 0.345. The summed E-state index contributed by atoms with van der Waals surface area (Å²) >= 11 is 5.00. The van der Waals surface area contributed by atoms with Gasteiger partial charge >= 0.3 is 0 Å². The molecule has 0 heterocycles. The topological polar surface area (TPSA) is 29.3 Å². The third-order valence-corrected chi connectivity index (χ3v) is 2.34. The summed E-state index contributed by atoms with van der Waals surface area (Å²) in [5.41, 5.74) is 6.87. The van der Waals surface area contributed by atoms with Gasteiger partial charge in [-0.05, 0) is 31.6 Å². The minimum absolute atomic E-state index is 0.340. The number of hydrogen-bond donors (Lipinski definition) is 1. The maximum Gasteiger partial charge on any atom is 0.166 e. The van der Waals surface area contributed by atoms with Gasteiger partial charge in [0.05, 0.1) is 0 Å². The molecular weight excluding hydrogens is 192 g/mol. The van der Waals surface area contributed by atoms with Gasteiger partial charge in [0.1, 0.15) is 0 Å². The van der Waals surface area contributed by atoms with Crippen molar-refractivity contribution in [2.45, 2.75) is 26.4 Å². The maximum absolute atomic E-state index is 5.64. The minimum Gasteiger partial charge on any atom is -0.376 e. The molecule has 3 heteroatoms. The molecule has 0 bridgehead atoms. The Hall–Kier alpha value is -1.09. The Kier molecular flexibility index (Phi) is 3.89. The summed E-state index contributed by atoms with van der Waals surface area (Å²) < 4.78 is 0. The molecule has 2 N–H and O–H groups in total. The van der Waals surface area contributed by atoms with Gasteiger partial charge in [0.15, 0.2) is 5.11 Å². The number of benzene rings is 1. The van der Waals surface area contributed by atoms with Crippen molar-refractivity contribution in [1.82, 2.24) is 4.90 Å². The van der Waals surface area contributed by atoms with E-state index in [9.17, 15) is 0 Å². The summed E-state index contributed by atoms with van der Waals surface area (Å²) in [7, 11) is 0. The molecule has 0 radical (unpaired) electrons. The van der Waals surface area contributed by atoms with Gasteiger partial charge in [-0.25, -0.2) is 0 Å². The van der Waals surface area contributed by atoms with Gasteiger partial charge in [-0.15, -0.1) is 0 Å². The Morgan fingerprint density at radius 3 is 2.36 bits per heavy atom. The van der Waals surface area contributed by atoms with Crippen molar-refractivity contribution in [1.29, 1.82) is 0 Å². The molecule has 76 valence electrons. The molecule has 0 amide bonds. The van der Waals surface area contributed by atoms with Gasteiger partial charge in [0, 0.05) is 12.6 Å². The van der Waals surface area contributed by atoms with Crippen LogP contribution in [0.4, 0.5) is 0 Å². The summed E-state index contributed by atoms with van der Waals surface area (Å²) in [6.07, 6.45) is 0. The molecule has 1 aromatic carbocycles. The molecule has 0 aromatic heterocycles. The summed E-state index contributed by atoms with van der Waals surface area (Å²) in [6.45, 7) is 4.96. The van der Waals surface area contributed by atoms with Crippen molar-refractivity contribution in [2.24, 2.45) is 5.73 Å². The maximum atomic E-state index is 5.64. The first-order valence-electron chi connectivity index (χ1n) is 4.71. The molecule has 0 aliphatic carbocycles. The van der Waals surface area contributed by atoms with Crippen LogP contribution in [0.25, 0.3) is 0 Å². The van der Waals surface area contributed by atoms with Crippen LogP contribution in [0.15, 0.2) is 30.3 Å². The Labute approximate surface area is 90.7 Å². The second kappa shape index (κ2) is 4.96. The van der Waals surface area contributed by atoms with E-state index in [-0.39, 0.29) is 0 Å². The van der Waals surface area contributed by atoms with E-state index in [1.165, 1.54) is 5.56 Å². The molecule has 0 spiro atoms. The third kappa shape index (κ3) is 3.00. The van der Waals surface area contributed by atoms with Crippen LogP contribution in [0.2, 0.25) is 0 Å². The number of hydrogen-bond acceptors (Lipinski definition) is 1. The standard InChI is InChI=1S/C11H16N2S/c1-9(2)13(11(12)14)8-10-6-4-3-5-7-10/h3-7,9H,8H2,1-2H3,(H2,12,14). The second-order valence-corrected chi connectivity index (χ2v) is 3.96. The molecule has 2 nitrogen and oxygen atoms in total. The Bertz CT molecular complexity index is 295. The second-order valence-electron chi connectivity index (χ2n) is 3.55. The van der Waals surface area contributed by atoms with Crippen LogP contribution < -0.4 is 5.73 Å². The predicted molar refractivity (Wildman–Crippen MR) is 63.9 cm³/mol. The lowest BCUT2D eigenvalue weighted by Gasteiger charge is -2.26. The highest BCUT2D eigenvalue weighted by Gasteiger charge is 2.10.